The number of alkyl halides is 3. The Labute approximate surface area is 123 Å². The quantitative estimate of drug-likeness (QED) is 0.816. The first-order chi connectivity index (χ1) is 9.91. The summed E-state index contributed by atoms with van der Waals surface area (Å²) in [6.45, 7) is 4.06. The van der Waals surface area contributed by atoms with Crippen LogP contribution in [-0.2, 0) is 0 Å². The van der Waals surface area contributed by atoms with E-state index in [9.17, 15) is 13.2 Å². The molecule has 2 heterocycles. The van der Waals surface area contributed by atoms with Crippen LogP contribution in [0.3, 0.4) is 0 Å². The Morgan fingerprint density at radius 3 is 2.43 bits per heavy atom. The molecule has 3 aliphatic rings. The summed E-state index contributed by atoms with van der Waals surface area (Å²) in [6.07, 6.45) is -1.50. The lowest BCUT2D eigenvalue weighted by molar-refractivity contribution is -0.187. The molecule has 0 aromatic heterocycles. The molecule has 1 aliphatic carbocycles. The van der Waals surface area contributed by atoms with E-state index in [2.05, 4.69) is 27.4 Å². The number of rotatable bonds is 2. The van der Waals surface area contributed by atoms with E-state index in [0.717, 1.165) is 25.3 Å². The summed E-state index contributed by atoms with van der Waals surface area (Å²) in [6, 6.07) is 1.24. The molecule has 0 aromatic carbocycles. The predicted octanol–water partition coefficient (Wildman–Crippen LogP) is 1.73. The van der Waals surface area contributed by atoms with E-state index in [1.165, 1.54) is 0 Å². The molecule has 1 atom stereocenters. The highest BCUT2D eigenvalue weighted by Gasteiger charge is 2.43. The summed E-state index contributed by atoms with van der Waals surface area (Å²) < 4.78 is 37.9. The van der Waals surface area contributed by atoms with Crippen molar-refractivity contribution in [1.82, 2.24) is 15.5 Å². The topological polar surface area (TPSA) is 39.7 Å². The molecular weight excluding hydrogens is 281 g/mol. The van der Waals surface area contributed by atoms with E-state index in [1.54, 1.807) is 0 Å². The van der Waals surface area contributed by atoms with Crippen molar-refractivity contribution < 1.29 is 13.2 Å². The smallest absolute Gasteiger partial charge is 0.354 e. The number of likely N-dealkylation sites (tertiary alicyclic amines) is 1. The zero-order chi connectivity index (χ0) is 15.0. The highest BCUT2D eigenvalue weighted by molar-refractivity contribution is 5.82. The molecule has 3 rings (SSSR count). The molecule has 2 fully saturated rings. The van der Waals surface area contributed by atoms with Crippen molar-refractivity contribution in [2.45, 2.75) is 56.9 Å². The third-order valence-corrected chi connectivity index (χ3v) is 4.87. The maximum Gasteiger partial charge on any atom is 0.391 e. The van der Waals surface area contributed by atoms with Crippen LogP contribution >= 0.6 is 0 Å². The third-order valence-electron chi connectivity index (χ3n) is 4.87. The zero-order valence-corrected chi connectivity index (χ0v) is 12.3. The fourth-order valence-electron chi connectivity index (χ4n) is 3.43. The Balaban J connectivity index is 1.37. The number of piperidine rings is 1. The molecule has 1 saturated carbocycles. The van der Waals surface area contributed by atoms with Crippen molar-refractivity contribution in [1.29, 1.82) is 0 Å². The van der Waals surface area contributed by atoms with Crippen LogP contribution in [0, 0.1) is 5.92 Å². The van der Waals surface area contributed by atoms with Crippen molar-refractivity contribution in [2.75, 3.05) is 19.6 Å². The number of guanidine groups is 1. The van der Waals surface area contributed by atoms with Crippen LogP contribution in [0.15, 0.2) is 4.99 Å². The van der Waals surface area contributed by atoms with Gasteiger partial charge in [0.2, 0.25) is 0 Å². The van der Waals surface area contributed by atoms with Gasteiger partial charge in [0.1, 0.15) is 0 Å². The molecule has 0 aromatic rings. The van der Waals surface area contributed by atoms with Gasteiger partial charge < -0.3 is 15.5 Å². The van der Waals surface area contributed by atoms with E-state index in [-0.39, 0.29) is 12.8 Å². The Morgan fingerprint density at radius 2 is 1.90 bits per heavy atom. The minimum atomic E-state index is -4.02. The molecule has 120 valence electrons. The average Bonchev–Trinajstić information content (AvgIpc) is 2.78. The van der Waals surface area contributed by atoms with Crippen LogP contribution in [0.2, 0.25) is 0 Å². The number of halogens is 3. The Kier molecular flexibility index (Phi) is 4.03. The molecule has 4 nitrogen and oxygen atoms in total. The molecule has 2 N–H and O–H groups in total. The average molecular weight is 304 g/mol. The molecule has 1 unspecified atom stereocenters. The summed E-state index contributed by atoms with van der Waals surface area (Å²) in [7, 11) is 0. The normalized spacial score (nSPS) is 35.0. The van der Waals surface area contributed by atoms with Crippen LogP contribution in [0.4, 0.5) is 13.2 Å². The summed E-state index contributed by atoms with van der Waals surface area (Å²) in [5.41, 5.74) is 0. The van der Waals surface area contributed by atoms with Gasteiger partial charge in [0.05, 0.1) is 12.5 Å². The number of hydrogen-bond donors (Lipinski definition) is 2. The highest BCUT2D eigenvalue weighted by atomic mass is 19.4. The molecule has 7 heteroatoms. The van der Waals surface area contributed by atoms with Crippen molar-refractivity contribution in [2.24, 2.45) is 10.9 Å². The molecule has 0 spiro atoms. The Morgan fingerprint density at radius 1 is 1.24 bits per heavy atom. The van der Waals surface area contributed by atoms with Crippen LogP contribution in [0.5, 0.6) is 0 Å². The Bertz CT molecular complexity index is 396. The highest BCUT2D eigenvalue weighted by Crippen LogP contribution is 2.36. The first-order valence-corrected chi connectivity index (χ1v) is 7.80. The van der Waals surface area contributed by atoms with Crippen LogP contribution < -0.4 is 10.6 Å². The fourth-order valence-corrected chi connectivity index (χ4v) is 3.43. The van der Waals surface area contributed by atoms with Gasteiger partial charge in [-0.15, -0.1) is 0 Å². The standard InChI is InChI=1S/C14H23F3N4/c1-9-8-18-13(19-9)20-11-6-12(7-11)21-4-2-10(3-5-21)14(15,16)17/h9-12H,2-8H2,1H3,(H2,18,19,20). The second kappa shape index (κ2) is 5.66. The second-order valence-corrected chi connectivity index (χ2v) is 6.55. The van der Waals surface area contributed by atoms with E-state index in [0.29, 0.717) is 31.2 Å². The maximum atomic E-state index is 12.6. The van der Waals surface area contributed by atoms with E-state index in [1.807, 2.05) is 0 Å². The van der Waals surface area contributed by atoms with Crippen molar-refractivity contribution in [3.05, 3.63) is 0 Å². The van der Waals surface area contributed by atoms with Gasteiger partial charge in [-0.1, -0.05) is 0 Å². The third kappa shape index (κ3) is 3.44. The largest absolute Gasteiger partial charge is 0.391 e. The summed E-state index contributed by atoms with van der Waals surface area (Å²) in [5.74, 6) is -0.219. The van der Waals surface area contributed by atoms with Gasteiger partial charge in [-0.2, -0.15) is 13.2 Å². The van der Waals surface area contributed by atoms with Crippen LogP contribution in [0.25, 0.3) is 0 Å². The number of nitrogens with zero attached hydrogens (tertiary/aromatic N) is 2. The van der Waals surface area contributed by atoms with E-state index >= 15 is 0 Å². The second-order valence-electron chi connectivity index (χ2n) is 6.55. The molecule has 1 saturated heterocycles. The van der Waals surface area contributed by atoms with Gasteiger partial charge in [-0.3, -0.25) is 4.99 Å². The minimum Gasteiger partial charge on any atom is -0.354 e. The maximum absolute atomic E-state index is 12.6. The van der Waals surface area contributed by atoms with Gasteiger partial charge >= 0.3 is 6.18 Å². The van der Waals surface area contributed by atoms with Crippen LogP contribution in [0.1, 0.15) is 32.6 Å². The summed E-state index contributed by atoms with van der Waals surface area (Å²) >= 11 is 0. The summed E-state index contributed by atoms with van der Waals surface area (Å²) in [4.78, 5) is 6.60. The summed E-state index contributed by atoms with van der Waals surface area (Å²) in [5, 5.41) is 6.65. The Hall–Kier alpha value is -0.980. The van der Waals surface area contributed by atoms with Gasteiger partial charge in [0.15, 0.2) is 5.96 Å². The molecule has 0 amide bonds. The van der Waals surface area contributed by atoms with Crippen molar-refractivity contribution in [3.63, 3.8) is 0 Å². The van der Waals surface area contributed by atoms with Gasteiger partial charge in [0.25, 0.3) is 0 Å². The lowest BCUT2D eigenvalue weighted by atomic mass is 9.83. The van der Waals surface area contributed by atoms with Gasteiger partial charge in [-0.25, -0.2) is 0 Å². The first-order valence-electron chi connectivity index (χ1n) is 7.80. The lowest BCUT2D eigenvalue weighted by Crippen LogP contribution is -2.57. The van der Waals surface area contributed by atoms with E-state index in [4.69, 9.17) is 0 Å². The number of aliphatic imine (C=N–C) groups is 1. The number of hydrogen-bond acceptors (Lipinski definition) is 4. The lowest BCUT2D eigenvalue weighted by Gasteiger charge is -2.46. The van der Waals surface area contributed by atoms with E-state index < -0.39 is 12.1 Å². The molecule has 0 bridgehead atoms. The molecule has 21 heavy (non-hydrogen) atoms. The molecular formula is C14H23F3N4. The first kappa shape index (κ1) is 14.9. The molecule has 0 radical (unpaired) electrons. The van der Waals surface area contributed by atoms with Gasteiger partial charge in [-0.05, 0) is 45.7 Å². The fraction of sp³-hybridized carbons (Fsp3) is 0.929. The van der Waals surface area contributed by atoms with Crippen molar-refractivity contribution >= 4 is 5.96 Å². The zero-order valence-electron chi connectivity index (χ0n) is 12.3. The molecule has 2 aliphatic heterocycles. The SMILES string of the molecule is CC1CN=C(NC2CC(N3CCC(C(F)(F)F)CC3)C2)N1. The monoisotopic (exact) mass is 304 g/mol. The van der Waals surface area contributed by atoms with Gasteiger partial charge in [0, 0.05) is 18.1 Å². The number of nitrogens with one attached hydrogen (secondary N) is 2. The van der Waals surface area contributed by atoms with Crippen LogP contribution in [-0.4, -0.2) is 54.8 Å². The van der Waals surface area contributed by atoms with Crippen molar-refractivity contribution in [3.8, 4) is 0 Å². The minimum absolute atomic E-state index is 0.254. The predicted molar refractivity (Wildman–Crippen MR) is 75.2 cm³/mol.